The molecule has 10 heteroatoms. The maximum atomic E-state index is 10.3. The van der Waals surface area contributed by atoms with Crippen molar-refractivity contribution in [2.75, 3.05) is 11.5 Å². The van der Waals surface area contributed by atoms with Gasteiger partial charge in [-0.25, -0.2) is 0 Å². The molecule has 16 heavy (non-hydrogen) atoms. The van der Waals surface area contributed by atoms with Crippen molar-refractivity contribution in [3.63, 3.8) is 0 Å². The van der Waals surface area contributed by atoms with Crippen LogP contribution in [-0.4, -0.2) is 28.3 Å². The molecule has 0 aliphatic carbocycles. The molecule has 100 valence electrons. The Morgan fingerprint density at radius 3 is 1.12 bits per heavy atom. The Bertz CT molecular complexity index is 313. The highest BCUT2D eigenvalue weighted by Gasteiger charge is 2.06. The van der Waals surface area contributed by atoms with Crippen molar-refractivity contribution in [2.45, 2.75) is 26.7 Å². The van der Waals surface area contributed by atoms with E-state index < -0.39 is 20.2 Å². The highest BCUT2D eigenvalue weighted by atomic mass is 79.9. The van der Waals surface area contributed by atoms with Gasteiger partial charge in [-0.1, -0.05) is 13.8 Å². The van der Waals surface area contributed by atoms with Gasteiger partial charge in [0.15, 0.2) is 0 Å². The number of hydrogen-bond acceptors (Lipinski definition) is 6. The topological polar surface area (TPSA) is 86.7 Å². The van der Waals surface area contributed by atoms with E-state index in [1.54, 1.807) is 13.8 Å². The van der Waals surface area contributed by atoms with Crippen LogP contribution < -0.4 is 0 Å². The van der Waals surface area contributed by atoms with Crippen LogP contribution in [0.1, 0.15) is 26.7 Å². The summed E-state index contributed by atoms with van der Waals surface area (Å²) in [4.78, 5) is 0. The second-order valence-corrected chi connectivity index (χ2v) is 7.53. The summed E-state index contributed by atoms with van der Waals surface area (Å²) in [5.41, 5.74) is 0. The minimum absolute atomic E-state index is 0.0677. The summed E-state index contributed by atoms with van der Waals surface area (Å²) in [5, 5.41) is 0. The van der Waals surface area contributed by atoms with Crippen LogP contribution in [0.5, 0.6) is 0 Å². The standard InChI is InChI=1S/2C3H7BrO3S/c2*1-2-3-8(5,6)7-4/h2*2-3H2,1H3. The number of hydrogen-bond donors (Lipinski definition) is 0. The van der Waals surface area contributed by atoms with Crippen molar-refractivity contribution < 1.29 is 23.4 Å². The van der Waals surface area contributed by atoms with Crippen LogP contribution >= 0.6 is 32.5 Å². The summed E-state index contributed by atoms with van der Waals surface area (Å²) in [7, 11) is -6.51. The Balaban J connectivity index is 0. The lowest BCUT2D eigenvalue weighted by Gasteiger charge is -1.92. The van der Waals surface area contributed by atoms with Crippen molar-refractivity contribution >= 4 is 52.8 Å². The lowest BCUT2D eigenvalue weighted by atomic mass is 10.6. The summed E-state index contributed by atoms with van der Waals surface area (Å²) in [6.45, 7) is 3.53. The predicted molar refractivity (Wildman–Crippen MR) is 68.2 cm³/mol. The second-order valence-electron chi connectivity index (χ2n) is 2.65. The molecule has 0 aromatic rings. The minimum Gasteiger partial charge on any atom is -0.199 e. The van der Waals surface area contributed by atoms with Gasteiger partial charge in [0.1, 0.15) is 32.5 Å². The molecule has 0 saturated carbocycles. The van der Waals surface area contributed by atoms with Gasteiger partial charge in [-0.3, -0.25) is 0 Å². The van der Waals surface area contributed by atoms with Crippen molar-refractivity contribution in [1.29, 1.82) is 0 Å². The SMILES string of the molecule is CCCS(=O)(=O)OBr.CCCS(=O)(=O)OBr. The van der Waals surface area contributed by atoms with Crippen LogP contribution in [0.2, 0.25) is 0 Å². The zero-order valence-electron chi connectivity index (χ0n) is 8.85. The van der Waals surface area contributed by atoms with Gasteiger partial charge in [0.05, 0.1) is 11.5 Å². The molecule has 0 spiro atoms. The van der Waals surface area contributed by atoms with Crippen LogP contribution in [0, 0.1) is 0 Å². The van der Waals surface area contributed by atoms with Gasteiger partial charge in [-0.15, -0.1) is 0 Å². The Kier molecular flexibility index (Phi) is 11.7. The maximum Gasteiger partial charge on any atom is 0.277 e. The molecule has 0 aliphatic rings. The van der Waals surface area contributed by atoms with Gasteiger partial charge in [-0.2, -0.15) is 23.4 Å². The fourth-order valence-electron chi connectivity index (χ4n) is 0.563. The lowest BCUT2D eigenvalue weighted by Crippen LogP contribution is -2.02. The van der Waals surface area contributed by atoms with Crippen LogP contribution in [0.25, 0.3) is 0 Å². The third-order valence-corrected chi connectivity index (χ3v) is 5.72. The number of halogens is 2. The van der Waals surface area contributed by atoms with Gasteiger partial charge in [-0.05, 0) is 12.8 Å². The summed E-state index contributed by atoms with van der Waals surface area (Å²) in [5.74, 6) is 0.135. The summed E-state index contributed by atoms with van der Waals surface area (Å²) in [6.07, 6.45) is 1.15. The van der Waals surface area contributed by atoms with E-state index in [4.69, 9.17) is 0 Å². The molecule has 0 amide bonds. The highest BCUT2D eigenvalue weighted by molar-refractivity contribution is 9.07. The monoisotopic (exact) mass is 404 g/mol. The molecule has 0 aromatic carbocycles. The third kappa shape index (κ3) is 12.8. The average molecular weight is 406 g/mol. The first-order valence-corrected chi connectivity index (χ1v) is 8.75. The van der Waals surface area contributed by atoms with Gasteiger partial charge >= 0.3 is 0 Å². The molecule has 0 saturated heterocycles. The van der Waals surface area contributed by atoms with Crippen molar-refractivity contribution in [3.05, 3.63) is 0 Å². The Morgan fingerprint density at radius 2 is 1.06 bits per heavy atom. The fourth-order valence-corrected chi connectivity index (χ4v) is 2.48. The molecule has 0 unspecified atom stereocenters. The first-order chi connectivity index (χ1) is 7.24. The Hall–Kier alpha value is 0.780. The smallest absolute Gasteiger partial charge is 0.199 e. The normalized spacial score (nSPS) is 11.8. The number of rotatable bonds is 6. The van der Waals surface area contributed by atoms with Gasteiger partial charge < -0.3 is 0 Å². The molecule has 0 rings (SSSR count). The molecule has 0 aliphatic heterocycles. The van der Waals surface area contributed by atoms with E-state index in [1.807, 2.05) is 0 Å². The van der Waals surface area contributed by atoms with Crippen LogP contribution in [0.3, 0.4) is 0 Å². The summed E-state index contributed by atoms with van der Waals surface area (Å²) < 4.78 is 49.2. The maximum absolute atomic E-state index is 10.3. The minimum atomic E-state index is -3.25. The Labute approximate surface area is 114 Å². The van der Waals surface area contributed by atoms with Crippen LogP contribution in [0.15, 0.2) is 0 Å². The van der Waals surface area contributed by atoms with E-state index >= 15 is 0 Å². The second kappa shape index (κ2) is 9.77. The third-order valence-electron chi connectivity index (χ3n) is 1.10. The van der Waals surface area contributed by atoms with E-state index in [0.29, 0.717) is 12.8 Å². The molecule has 6 nitrogen and oxygen atoms in total. The first kappa shape index (κ1) is 19.1. The zero-order valence-corrected chi connectivity index (χ0v) is 13.7. The summed E-state index contributed by atoms with van der Waals surface area (Å²) in [6, 6.07) is 0. The largest absolute Gasteiger partial charge is 0.277 e. The molecular formula is C6H14Br2O6S2. The molecule has 0 bridgehead atoms. The lowest BCUT2D eigenvalue weighted by molar-refractivity contribution is 0.523. The molecule has 0 atom stereocenters. The van der Waals surface area contributed by atoms with E-state index in [-0.39, 0.29) is 11.5 Å². The van der Waals surface area contributed by atoms with E-state index in [0.717, 1.165) is 0 Å². The quantitative estimate of drug-likeness (QED) is 0.672. The van der Waals surface area contributed by atoms with Gasteiger partial charge in [0.25, 0.3) is 20.2 Å². The summed E-state index contributed by atoms with van der Waals surface area (Å²) >= 11 is 4.77. The predicted octanol–water partition coefficient (Wildman–Crippen LogP) is 2.11. The van der Waals surface area contributed by atoms with Crippen molar-refractivity contribution in [1.82, 2.24) is 0 Å². The first-order valence-electron chi connectivity index (χ1n) is 4.30. The van der Waals surface area contributed by atoms with Crippen molar-refractivity contribution in [2.24, 2.45) is 0 Å². The fraction of sp³-hybridized carbons (Fsp3) is 1.00. The van der Waals surface area contributed by atoms with E-state index in [9.17, 15) is 16.8 Å². The molecule has 0 N–H and O–H groups in total. The molecule has 0 fully saturated rings. The zero-order chi connectivity index (χ0) is 13.2. The van der Waals surface area contributed by atoms with E-state index in [2.05, 4.69) is 39.1 Å². The highest BCUT2D eigenvalue weighted by Crippen LogP contribution is 2.00. The average Bonchev–Trinajstić information content (AvgIpc) is 2.19. The van der Waals surface area contributed by atoms with Gasteiger partial charge in [0.2, 0.25) is 0 Å². The Morgan fingerprint density at radius 1 is 0.812 bits per heavy atom. The molecular weight excluding hydrogens is 392 g/mol. The van der Waals surface area contributed by atoms with E-state index in [1.165, 1.54) is 0 Å². The van der Waals surface area contributed by atoms with Crippen molar-refractivity contribution in [3.8, 4) is 0 Å². The molecule has 0 radical (unpaired) electrons. The molecule has 0 heterocycles. The van der Waals surface area contributed by atoms with Crippen LogP contribution in [-0.2, 0) is 26.8 Å². The van der Waals surface area contributed by atoms with Crippen LogP contribution in [0.4, 0.5) is 0 Å². The van der Waals surface area contributed by atoms with Gasteiger partial charge in [0, 0.05) is 0 Å². The molecule has 0 aromatic heterocycles.